The molecule has 0 heterocycles. The molecule has 16 heavy (non-hydrogen) atoms. The van der Waals surface area contributed by atoms with Gasteiger partial charge in [0.25, 0.3) is 0 Å². The molecule has 0 radical (unpaired) electrons. The third kappa shape index (κ3) is 2.80. The largest absolute Gasteiger partial charge is 0.313 e. The van der Waals surface area contributed by atoms with Crippen molar-refractivity contribution in [3.63, 3.8) is 0 Å². The Morgan fingerprint density at radius 2 is 1.56 bits per heavy atom. The lowest BCUT2D eigenvalue weighted by molar-refractivity contribution is 0.150. The number of hydrogen-bond donors (Lipinski definition) is 1. The summed E-state index contributed by atoms with van der Waals surface area (Å²) >= 11 is 0. The summed E-state index contributed by atoms with van der Waals surface area (Å²) < 4.78 is 0. The summed E-state index contributed by atoms with van der Waals surface area (Å²) in [5, 5.41) is 3.89. The average Bonchev–Trinajstić information content (AvgIpc) is 2.64. The highest BCUT2D eigenvalue weighted by atomic mass is 14.9. The van der Waals surface area contributed by atoms with Crippen LogP contribution in [0.15, 0.2) is 0 Å². The minimum Gasteiger partial charge on any atom is -0.313 e. The molecule has 1 nitrogen and oxygen atoms in total. The summed E-state index contributed by atoms with van der Waals surface area (Å²) in [6.07, 6.45) is 11.4. The Bertz CT molecular complexity index is 226. The Kier molecular flexibility index (Phi) is 3.63. The lowest BCUT2D eigenvalue weighted by Gasteiger charge is -2.41. The molecular weight excluding hydrogens is 194 g/mol. The highest BCUT2D eigenvalue weighted by Gasteiger charge is 2.34. The second-order valence-corrected chi connectivity index (χ2v) is 7.19. The monoisotopic (exact) mass is 223 g/mol. The van der Waals surface area contributed by atoms with Crippen LogP contribution in [-0.2, 0) is 0 Å². The van der Waals surface area contributed by atoms with Gasteiger partial charge < -0.3 is 5.32 Å². The van der Waals surface area contributed by atoms with Crippen LogP contribution in [-0.4, -0.2) is 12.6 Å². The van der Waals surface area contributed by atoms with Crippen LogP contribution in [0.4, 0.5) is 0 Å². The van der Waals surface area contributed by atoms with Gasteiger partial charge in [-0.25, -0.2) is 0 Å². The SMILES string of the molecule is CC1(CNC2CCCCC2(C)C)CCCC1. The standard InChI is InChI=1S/C15H29N/c1-14(2)9-5-4-8-13(14)16-12-15(3)10-6-7-11-15/h13,16H,4-12H2,1-3H3. The van der Waals surface area contributed by atoms with Crippen molar-refractivity contribution in [2.45, 2.75) is 78.2 Å². The Balaban J connectivity index is 1.84. The minimum absolute atomic E-state index is 0.521. The smallest absolute Gasteiger partial charge is 0.0118 e. The van der Waals surface area contributed by atoms with Gasteiger partial charge in [0.05, 0.1) is 0 Å². The van der Waals surface area contributed by atoms with E-state index in [-0.39, 0.29) is 0 Å². The van der Waals surface area contributed by atoms with E-state index in [1.807, 2.05) is 0 Å². The average molecular weight is 223 g/mol. The zero-order valence-electron chi connectivity index (χ0n) is 11.4. The van der Waals surface area contributed by atoms with Gasteiger partial charge in [0.2, 0.25) is 0 Å². The number of nitrogens with one attached hydrogen (secondary N) is 1. The van der Waals surface area contributed by atoms with Gasteiger partial charge in [-0.3, -0.25) is 0 Å². The van der Waals surface area contributed by atoms with Crippen molar-refractivity contribution >= 4 is 0 Å². The van der Waals surface area contributed by atoms with Gasteiger partial charge in [-0.15, -0.1) is 0 Å². The second-order valence-electron chi connectivity index (χ2n) is 7.19. The summed E-state index contributed by atoms with van der Waals surface area (Å²) in [6.45, 7) is 8.62. The molecule has 1 unspecified atom stereocenters. The van der Waals surface area contributed by atoms with E-state index in [1.54, 1.807) is 0 Å². The van der Waals surface area contributed by atoms with Crippen molar-refractivity contribution in [1.82, 2.24) is 5.32 Å². The van der Waals surface area contributed by atoms with Crippen LogP contribution in [0.25, 0.3) is 0 Å². The molecule has 2 rings (SSSR count). The van der Waals surface area contributed by atoms with E-state index in [2.05, 4.69) is 26.1 Å². The van der Waals surface area contributed by atoms with Gasteiger partial charge in [-0.1, -0.05) is 46.5 Å². The summed E-state index contributed by atoms with van der Waals surface area (Å²) in [4.78, 5) is 0. The maximum atomic E-state index is 3.89. The number of rotatable bonds is 3. The topological polar surface area (TPSA) is 12.0 Å². The summed E-state index contributed by atoms with van der Waals surface area (Å²) in [5.74, 6) is 0. The third-order valence-corrected chi connectivity index (χ3v) is 5.09. The van der Waals surface area contributed by atoms with Crippen molar-refractivity contribution in [2.24, 2.45) is 10.8 Å². The Morgan fingerprint density at radius 3 is 2.19 bits per heavy atom. The summed E-state index contributed by atoms with van der Waals surface area (Å²) in [7, 11) is 0. The van der Waals surface area contributed by atoms with Gasteiger partial charge in [-0.05, 0) is 36.5 Å². The molecule has 94 valence electrons. The van der Waals surface area contributed by atoms with Gasteiger partial charge >= 0.3 is 0 Å². The van der Waals surface area contributed by atoms with Crippen LogP contribution in [0.2, 0.25) is 0 Å². The molecule has 1 N–H and O–H groups in total. The van der Waals surface area contributed by atoms with Crippen molar-refractivity contribution in [2.75, 3.05) is 6.54 Å². The van der Waals surface area contributed by atoms with Gasteiger partial charge in [-0.2, -0.15) is 0 Å². The molecule has 0 spiro atoms. The van der Waals surface area contributed by atoms with Crippen LogP contribution in [0, 0.1) is 10.8 Å². The zero-order valence-corrected chi connectivity index (χ0v) is 11.4. The van der Waals surface area contributed by atoms with E-state index < -0.39 is 0 Å². The fraction of sp³-hybridized carbons (Fsp3) is 1.00. The van der Waals surface area contributed by atoms with E-state index in [4.69, 9.17) is 0 Å². The molecule has 0 aromatic heterocycles. The van der Waals surface area contributed by atoms with E-state index in [0.29, 0.717) is 10.8 Å². The van der Waals surface area contributed by atoms with Gasteiger partial charge in [0.1, 0.15) is 0 Å². The molecule has 2 aliphatic carbocycles. The Labute approximate surface area is 101 Å². The molecule has 2 fully saturated rings. The molecule has 2 saturated carbocycles. The van der Waals surface area contributed by atoms with Crippen LogP contribution in [0.3, 0.4) is 0 Å². The van der Waals surface area contributed by atoms with Crippen LogP contribution < -0.4 is 5.32 Å². The molecular formula is C15H29N. The van der Waals surface area contributed by atoms with E-state index in [9.17, 15) is 0 Å². The first-order valence-corrected chi connectivity index (χ1v) is 7.25. The normalized spacial score (nSPS) is 32.8. The molecule has 0 amide bonds. The summed E-state index contributed by atoms with van der Waals surface area (Å²) in [5.41, 5.74) is 1.13. The first kappa shape index (κ1) is 12.4. The molecule has 0 aromatic rings. The molecule has 0 bridgehead atoms. The highest BCUT2D eigenvalue weighted by Crippen LogP contribution is 2.39. The van der Waals surface area contributed by atoms with E-state index in [0.717, 1.165) is 6.04 Å². The van der Waals surface area contributed by atoms with Gasteiger partial charge in [0, 0.05) is 12.6 Å². The molecule has 0 aromatic carbocycles. The van der Waals surface area contributed by atoms with E-state index in [1.165, 1.54) is 57.9 Å². The first-order valence-electron chi connectivity index (χ1n) is 7.25. The summed E-state index contributed by atoms with van der Waals surface area (Å²) in [6, 6.07) is 0.763. The Hall–Kier alpha value is -0.0400. The van der Waals surface area contributed by atoms with Crippen molar-refractivity contribution in [1.29, 1.82) is 0 Å². The van der Waals surface area contributed by atoms with Crippen LogP contribution in [0.5, 0.6) is 0 Å². The molecule has 1 atom stereocenters. The predicted octanol–water partition coefficient (Wildman–Crippen LogP) is 4.13. The van der Waals surface area contributed by atoms with Crippen LogP contribution >= 0.6 is 0 Å². The predicted molar refractivity (Wildman–Crippen MR) is 70.6 cm³/mol. The maximum Gasteiger partial charge on any atom is 0.0118 e. The fourth-order valence-corrected chi connectivity index (χ4v) is 3.65. The zero-order chi connectivity index (χ0) is 11.6. The molecule has 2 aliphatic rings. The Morgan fingerprint density at radius 1 is 0.938 bits per heavy atom. The molecule has 0 saturated heterocycles. The fourth-order valence-electron chi connectivity index (χ4n) is 3.65. The lowest BCUT2D eigenvalue weighted by atomic mass is 9.73. The van der Waals surface area contributed by atoms with E-state index >= 15 is 0 Å². The molecule has 1 heteroatoms. The first-order chi connectivity index (χ1) is 7.52. The molecule has 0 aliphatic heterocycles. The van der Waals surface area contributed by atoms with Crippen molar-refractivity contribution in [3.05, 3.63) is 0 Å². The second kappa shape index (κ2) is 4.68. The number of hydrogen-bond acceptors (Lipinski definition) is 1. The minimum atomic E-state index is 0.521. The maximum absolute atomic E-state index is 3.89. The quantitative estimate of drug-likeness (QED) is 0.758. The highest BCUT2D eigenvalue weighted by molar-refractivity contribution is 4.91. The third-order valence-electron chi connectivity index (χ3n) is 5.09. The lowest BCUT2D eigenvalue weighted by Crippen LogP contribution is -2.47. The van der Waals surface area contributed by atoms with Crippen LogP contribution in [0.1, 0.15) is 72.1 Å². The van der Waals surface area contributed by atoms with Crippen molar-refractivity contribution < 1.29 is 0 Å². The van der Waals surface area contributed by atoms with Gasteiger partial charge in [0.15, 0.2) is 0 Å². The van der Waals surface area contributed by atoms with Crippen molar-refractivity contribution in [3.8, 4) is 0 Å².